The van der Waals surface area contributed by atoms with Gasteiger partial charge in [-0.2, -0.15) is 0 Å². The van der Waals surface area contributed by atoms with Gasteiger partial charge in [0.15, 0.2) is 5.79 Å². The number of hydrogen-bond donors (Lipinski definition) is 0. The molecule has 3 nitrogen and oxygen atoms in total. The third-order valence-electron chi connectivity index (χ3n) is 3.00. The maximum Gasteiger partial charge on any atom is 0.194 e. The fourth-order valence-electron chi connectivity index (χ4n) is 2.30. The van der Waals surface area contributed by atoms with Gasteiger partial charge in [0.25, 0.3) is 0 Å². The maximum atomic E-state index is 5.82. The summed E-state index contributed by atoms with van der Waals surface area (Å²) in [6, 6.07) is 8.05. The second-order valence-corrected chi connectivity index (χ2v) is 4.89. The van der Waals surface area contributed by atoms with E-state index in [9.17, 15) is 0 Å². The molecular weight excluding hydrogens is 228 g/mol. The quantitative estimate of drug-likeness (QED) is 0.800. The van der Waals surface area contributed by atoms with Gasteiger partial charge < -0.3 is 14.2 Å². The second kappa shape index (κ2) is 5.72. The molecule has 0 aromatic heterocycles. The highest BCUT2D eigenvalue weighted by molar-refractivity contribution is 5.30. The van der Waals surface area contributed by atoms with Crippen molar-refractivity contribution in [3.8, 4) is 5.75 Å². The van der Waals surface area contributed by atoms with E-state index in [0.29, 0.717) is 13.2 Å². The van der Waals surface area contributed by atoms with Gasteiger partial charge in [-0.1, -0.05) is 13.3 Å². The van der Waals surface area contributed by atoms with Crippen molar-refractivity contribution in [1.29, 1.82) is 0 Å². The molecule has 1 fully saturated rings. The molecule has 0 saturated carbocycles. The molecule has 0 atom stereocenters. The van der Waals surface area contributed by atoms with E-state index in [4.69, 9.17) is 14.2 Å². The van der Waals surface area contributed by atoms with Gasteiger partial charge in [-0.05, 0) is 38.1 Å². The normalized spacial score (nSPS) is 18.2. The third kappa shape index (κ3) is 2.85. The highest BCUT2D eigenvalue weighted by Crippen LogP contribution is 2.36. The molecule has 1 saturated heterocycles. The van der Waals surface area contributed by atoms with Crippen molar-refractivity contribution in [2.24, 2.45) is 0 Å². The molecule has 1 aliphatic rings. The van der Waals surface area contributed by atoms with Gasteiger partial charge in [0.2, 0.25) is 0 Å². The minimum Gasteiger partial charge on any atom is -0.491 e. The minimum absolute atomic E-state index is 0.194. The molecule has 0 bridgehead atoms. The number of benzene rings is 1. The molecule has 0 unspecified atom stereocenters. The van der Waals surface area contributed by atoms with Crippen LogP contribution >= 0.6 is 0 Å². The highest BCUT2D eigenvalue weighted by Gasteiger charge is 2.37. The Labute approximate surface area is 109 Å². The van der Waals surface area contributed by atoms with Crippen LogP contribution in [0.2, 0.25) is 0 Å². The van der Waals surface area contributed by atoms with Crippen molar-refractivity contribution in [1.82, 2.24) is 0 Å². The molecule has 0 radical (unpaired) electrons. The first-order valence-corrected chi connectivity index (χ1v) is 6.71. The van der Waals surface area contributed by atoms with Crippen LogP contribution < -0.4 is 4.74 Å². The molecule has 1 aromatic carbocycles. The molecular formula is C15H22O3. The maximum absolute atomic E-state index is 5.82. The Morgan fingerprint density at radius 3 is 2.28 bits per heavy atom. The van der Waals surface area contributed by atoms with E-state index in [1.54, 1.807) is 0 Å². The Hall–Kier alpha value is -1.06. The largest absolute Gasteiger partial charge is 0.491 e. The van der Waals surface area contributed by atoms with Crippen LogP contribution in [-0.4, -0.2) is 19.3 Å². The van der Waals surface area contributed by atoms with Crippen molar-refractivity contribution in [3.63, 3.8) is 0 Å². The first-order chi connectivity index (χ1) is 8.66. The van der Waals surface area contributed by atoms with Crippen LogP contribution in [0.3, 0.4) is 0 Å². The summed E-state index contributed by atoms with van der Waals surface area (Å²) >= 11 is 0. The molecule has 2 rings (SSSR count). The van der Waals surface area contributed by atoms with E-state index in [0.717, 1.165) is 24.2 Å². The van der Waals surface area contributed by atoms with Gasteiger partial charge in [0.1, 0.15) is 5.75 Å². The average Bonchev–Trinajstić information content (AvgIpc) is 2.79. The standard InChI is InChI=1S/C15H22O3/c1-4-9-15(16-10-11-17-15)13-5-7-14(8-6-13)18-12(2)3/h5-8,12H,4,9-11H2,1-3H3. The van der Waals surface area contributed by atoms with Gasteiger partial charge in [0, 0.05) is 12.0 Å². The zero-order chi connectivity index (χ0) is 13.0. The minimum atomic E-state index is -0.537. The molecule has 0 aliphatic carbocycles. The summed E-state index contributed by atoms with van der Waals surface area (Å²) < 4.78 is 17.3. The Balaban J connectivity index is 2.16. The second-order valence-electron chi connectivity index (χ2n) is 4.89. The molecule has 1 aliphatic heterocycles. The fourth-order valence-corrected chi connectivity index (χ4v) is 2.30. The number of rotatable bonds is 5. The predicted molar refractivity (Wildman–Crippen MR) is 70.7 cm³/mol. The van der Waals surface area contributed by atoms with Crippen LogP contribution in [0, 0.1) is 0 Å². The van der Waals surface area contributed by atoms with E-state index in [1.807, 2.05) is 38.1 Å². The molecule has 0 amide bonds. The molecule has 18 heavy (non-hydrogen) atoms. The summed E-state index contributed by atoms with van der Waals surface area (Å²) in [4.78, 5) is 0. The number of ether oxygens (including phenoxy) is 3. The van der Waals surface area contributed by atoms with Crippen molar-refractivity contribution in [3.05, 3.63) is 29.8 Å². The van der Waals surface area contributed by atoms with E-state index >= 15 is 0 Å². The lowest BCUT2D eigenvalue weighted by atomic mass is 10.0. The lowest BCUT2D eigenvalue weighted by Crippen LogP contribution is -2.26. The topological polar surface area (TPSA) is 27.7 Å². The zero-order valence-corrected chi connectivity index (χ0v) is 11.4. The van der Waals surface area contributed by atoms with Gasteiger partial charge in [0.05, 0.1) is 19.3 Å². The smallest absolute Gasteiger partial charge is 0.194 e. The van der Waals surface area contributed by atoms with Crippen LogP contribution in [0.5, 0.6) is 5.75 Å². The van der Waals surface area contributed by atoms with Crippen LogP contribution in [0.4, 0.5) is 0 Å². The summed E-state index contributed by atoms with van der Waals surface area (Å²) in [6.45, 7) is 7.53. The van der Waals surface area contributed by atoms with Gasteiger partial charge >= 0.3 is 0 Å². The summed E-state index contributed by atoms with van der Waals surface area (Å²) in [7, 11) is 0. The van der Waals surface area contributed by atoms with Crippen LogP contribution in [0.25, 0.3) is 0 Å². The van der Waals surface area contributed by atoms with Crippen LogP contribution in [0.15, 0.2) is 24.3 Å². The van der Waals surface area contributed by atoms with Crippen molar-refractivity contribution < 1.29 is 14.2 Å². The van der Waals surface area contributed by atoms with E-state index in [1.165, 1.54) is 0 Å². The van der Waals surface area contributed by atoms with E-state index in [-0.39, 0.29) is 6.10 Å². The first-order valence-electron chi connectivity index (χ1n) is 6.71. The van der Waals surface area contributed by atoms with Crippen molar-refractivity contribution in [2.75, 3.05) is 13.2 Å². The lowest BCUT2D eigenvalue weighted by molar-refractivity contribution is -0.170. The van der Waals surface area contributed by atoms with Crippen molar-refractivity contribution in [2.45, 2.75) is 45.5 Å². The van der Waals surface area contributed by atoms with Crippen LogP contribution in [0.1, 0.15) is 39.2 Å². The lowest BCUT2D eigenvalue weighted by Gasteiger charge is -2.27. The Morgan fingerprint density at radius 2 is 1.78 bits per heavy atom. The van der Waals surface area contributed by atoms with Gasteiger partial charge in [-0.3, -0.25) is 0 Å². The summed E-state index contributed by atoms with van der Waals surface area (Å²) in [5.41, 5.74) is 1.08. The molecule has 3 heteroatoms. The fraction of sp³-hybridized carbons (Fsp3) is 0.600. The van der Waals surface area contributed by atoms with Crippen molar-refractivity contribution >= 4 is 0 Å². The average molecular weight is 250 g/mol. The molecule has 0 spiro atoms. The molecule has 1 heterocycles. The van der Waals surface area contributed by atoms with Gasteiger partial charge in [-0.15, -0.1) is 0 Å². The zero-order valence-electron chi connectivity index (χ0n) is 11.4. The summed E-state index contributed by atoms with van der Waals surface area (Å²) in [5, 5.41) is 0. The molecule has 1 aromatic rings. The highest BCUT2D eigenvalue weighted by atomic mass is 16.7. The Bertz CT molecular complexity index is 364. The van der Waals surface area contributed by atoms with E-state index in [2.05, 4.69) is 6.92 Å². The number of hydrogen-bond acceptors (Lipinski definition) is 3. The summed E-state index contributed by atoms with van der Waals surface area (Å²) in [5.74, 6) is 0.351. The van der Waals surface area contributed by atoms with Gasteiger partial charge in [-0.25, -0.2) is 0 Å². The summed E-state index contributed by atoms with van der Waals surface area (Å²) in [6.07, 6.45) is 2.11. The monoisotopic (exact) mass is 250 g/mol. The van der Waals surface area contributed by atoms with E-state index < -0.39 is 5.79 Å². The SMILES string of the molecule is CCCC1(c2ccc(OC(C)C)cc2)OCCO1. The Morgan fingerprint density at radius 1 is 1.17 bits per heavy atom. The molecule has 100 valence electrons. The Kier molecular flexibility index (Phi) is 4.25. The molecule has 0 N–H and O–H groups in total. The van der Waals surface area contributed by atoms with Crippen LogP contribution in [-0.2, 0) is 15.3 Å². The first kappa shape index (κ1) is 13.4. The predicted octanol–water partition coefficient (Wildman–Crippen LogP) is 3.47. The third-order valence-corrected chi connectivity index (χ3v) is 3.00.